The Balaban J connectivity index is 1.49. The average molecular weight is 448 g/mol. The summed E-state index contributed by atoms with van der Waals surface area (Å²) in [6.07, 6.45) is 0. The number of phenols is 1. The normalized spacial score (nSPS) is 10.7. The number of anilines is 1. The number of amides is 1. The number of thiocarbonyl (C=S) groups is 1. The molecule has 0 saturated carbocycles. The molecule has 32 heavy (non-hydrogen) atoms. The van der Waals surface area contributed by atoms with Gasteiger partial charge >= 0.3 is 0 Å². The Morgan fingerprint density at radius 3 is 2.69 bits per heavy atom. The van der Waals surface area contributed by atoms with E-state index in [1.807, 2.05) is 38.1 Å². The van der Waals surface area contributed by atoms with Gasteiger partial charge in [0.05, 0.1) is 18.2 Å². The number of aromatic hydroxyl groups is 1. The monoisotopic (exact) mass is 447 g/mol. The largest absolute Gasteiger partial charge is 0.507 e. The van der Waals surface area contributed by atoms with Gasteiger partial charge in [0, 0.05) is 11.8 Å². The Labute approximate surface area is 190 Å². The number of benzene rings is 3. The quantitative estimate of drug-likeness (QED) is 0.381. The highest BCUT2D eigenvalue weighted by molar-refractivity contribution is 7.80. The summed E-state index contributed by atoms with van der Waals surface area (Å²) in [5, 5.41) is 16.1. The molecule has 3 N–H and O–H groups in total. The van der Waals surface area contributed by atoms with Crippen LogP contribution in [0.5, 0.6) is 11.5 Å². The molecule has 0 aliphatic rings. The van der Waals surface area contributed by atoms with Crippen molar-refractivity contribution in [1.82, 2.24) is 10.3 Å². The number of ether oxygens (including phenoxy) is 1. The first-order chi connectivity index (χ1) is 15.4. The molecule has 0 saturated heterocycles. The van der Waals surface area contributed by atoms with Crippen LogP contribution in [-0.2, 0) is 0 Å². The highest BCUT2D eigenvalue weighted by Crippen LogP contribution is 2.33. The number of nitrogens with one attached hydrogen (secondary N) is 2. The fourth-order valence-electron chi connectivity index (χ4n) is 3.38. The van der Waals surface area contributed by atoms with Gasteiger partial charge in [-0.1, -0.05) is 18.2 Å². The summed E-state index contributed by atoms with van der Waals surface area (Å²) >= 11 is 5.25. The van der Waals surface area contributed by atoms with Crippen molar-refractivity contribution < 1.29 is 19.1 Å². The van der Waals surface area contributed by atoms with E-state index < -0.39 is 5.91 Å². The van der Waals surface area contributed by atoms with Gasteiger partial charge in [0.1, 0.15) is 17.0 Å². The van der Waals surface area contributed by atoms with E-state index >= 15 is 0 Å². The number of para-hydroxylation sites is 1. The SMILES string of the molecule is COc1c(C)cccc1C(=O)NC(=S)Nc1ccc(-c2nc3cc(C)ccc3o2)c(O)c1. The third kappa shape index (κ3) is 4.26. The van der Waals surface area contributed by atoms with Crippen molar-refractivity contribution >= 4 is 40.0 Å². The van der Waals surface area contributed by atoms with Gasteiger partial charge in [-0.15, -0.1) is 0 Å². The van der Waals surface area contributed by atoms with Crippen molar-refractivity contribution in [3.63, 3.8) is 0 Å². The van der Waals surface area contributed by atoms with Crippen LogP contribution < -0.4 is 15.4 Å². The highest BCUT2D eigenvalue weighted by atomic mass is 32.1. The number of rotatable bonds is 4. The maximum Gasteiger partial charge on any atom is 0.261 e. The van der Waals surface area contributed by atoms with E-state index in [0.717, 1.165) is 16.6 Å². The fraction of sp³-hybridized carbons (Fsp3) is 0.125. The summed E-state index contributed by atoms with van der Waals surface area (Å²) in [6, 6.07) is 15.9. The molecular weight excluding hydrogens is 426 g/mol. The van der Waals surface area contributed by atoms with Crippen LogP contribution in [0, 0.1) is 13.8 Å². The van der Waals surface area contributed by atoms with Crippen LogP contribution >= 0.6 is 12.2 Å². The maximum atomic E-state index is 12.6. The van der Waals surface area contributed by atoms with Crippen molar-refractivity contribution in [2.45, 2.75) is 13.8 Å². The lowest BCUT2D eigenvalue weighted by atomic mass is 10.1. The Morgan fingerprint density at radius 1 is 1.12 bits per heavy atom. The molecule has 0 aliphatic heterocycles. The molecule has 0 bridgehead atoms. The van der Waals surface area contributed by atoms with E-state index in [1.165, 1.54) is 13.2 Å². The Kier molecular flexibility index (Phi) is 5.79. The highest BCUT2D eigenvalue weighted by Gasteiger charge is 2.16. The number of fused-ring (bicyclic) bond motifs is 1. The molecule has 4 aromatic rings. The molecule has 0 radical (unpaired) electrons. The summed E-state index contributed by atoms with van der Waals surface area (Å²) in [5.41, 5.74) is 4.60. The van der Waals surface area contributed by atoms with Gasteiger partial charge in [0.15, 0.2) is 10.7 Å². The zero-order valence-corrected chi connectivity index (χ0v) is 18.5. The lowest BCUT2D eigenvalue weighted by molar-refractivity contribution is 0.0974. The fourth-order valence-corrected chi connectivity index (χ4v) is 3.59. The lowest BCUT2D eigenvalue weighted by Crippen LogP contribution is -2.34. The molecular formula is C24H21N3O4S. The van der Waals surface area contributed by atoms with Gasteiger partial charge in [0.2, 0.25) is 5.89 Å². The van der Waals surface area contributed by atoms with Crippen LogP contribution in [-0.4, -0.2) is 28.2 Å². The molecule has 0 spiro atoms. The Hall–Kier alpha value is -3.91. The number of carbonyl (C=O) groups excluding carboxylic acids is 1. The first-order valence-electron chi connectivity index (χ1n) is 9.82. The summed E-state index contributed by atoms with van der Waals surface area (Å²) in [5.74, 6) is 0.374. The van der Waals surface area contributed by atoms with Crippen LogP contribution in [0.15, 0.2) is 59.0 Å². The Morgan fingerprint density at radius 2 is 1.94 bits per heavy atom. The topological polar surface area (TPSA) is 96.6 Å². The predicted octanol–water partition coefficient (Wildman–Crippen LogP) is 4.95. The van der Waals surface area contributed by atoms with E-state index in [-0.39, 0.29) is 10.9 Å². The summed E-state index contributed by atoms with van der Waals surface area (Å²) in [4.78, 5) is 17.1. The smallest absolute Gasteiger partial charge is 0.261 e. The van der Waals surface area contributed by atoms with E-state index in [2.05, 4.69) is 15.6 Å². The van der Waals surface area contributed by atoms with Crippen molar-refractivity contribution in [3.8, 4) is 23.0 Å². The van der Waals surface area contributed by atoms with Crippen molar-refractivity contribution in [2.75, 3.05) is 12.4 Å². The second-order valence-corrected chi connectivity index (χ2v) is 7.69. The first-order valence-corrected chi connectivity index (χ1v) is 10.2. The molecule has 3 aromatic carbocycles. The number of carbonyl (C=O) groups is 1. The average Bonchev–Trinajstić information content (AvgIpc) is 3.16. The van der Waals surface area contributed by atoms with Crippen molar-refractivity contribution in [1.29, 1.82) is 0 Å². The minimum Gasteiger partial charge on any atom is -0.507 e. The number of oxazole rings is 1. The van der Waals surface area contributed by atoms with E-state index in [0.29, 0.717) is 34.0 Å². The number of hydrogen-bond donors (Lipinski definition) is 3. The van der Waals surface area contributed by atoms with Gasteiger partial charge in [-0.2, -0.15) is 0 Å². The van der Waals surface area contributed by atoms with Gasteiger partial charge in [0.25, 0.3) is 5.91 Å². The van der Waals surface area contributed by atoms with Gasteiger partial charge < -0.3 is 19.6 Å². The second-order valence-electron chi connectivity index (χ2n) is 7.29. The standard InChI is InChI=1S/C24H21N3O4S/c1-13-7-10-20-18(11-13)26-23(31-20)16-9-8-15(12-19(16)28)25-24(32)27-22(29)17-6-4-5-14(2)21(17)30-3/h4-12,28H,1-3H3,(H2,25,27,29,32). The first kappa shape index (κ1) is 21.3. The van der Waals surface area contributed by atoms with Crippen molar-refractivity contribution in [3.05, 3.63) is 71.3 Å². The molecule has 8 heteroatoms. The van der Waals surface area contributed by atoms with Crippen LogP contribution in [0.4, 0.5) is 5.69 Å². The van der Waals surface area contributed by atoms with Crippen LogP contribution in [0.3, 0.4) is 0 Å². The van der Waals surface area contributed by atoms with Crippen LogP contribution in [0.2, 0.25) is 0 Å². The number of methoxy groups -OCH3 is 1. The number of aryl methyl sites for hydroxylation is 2. The molecule has 4 rings (SSSR count). The predicted molar refractivity (Wildman–Crippen MR) is 127 cm³/mol. The van der Waals surface area contributed by atoms with E-state index in [9.17, 15) is 9.90 Å². The van der Waals surface area contributed by atoms with Gasteiger partial charge in [-0.05, 0) is 67.5 Å². The minimum absolute atomic E-state index is 0.0345. The number of hydrogen-bond acceptors (Lipinski definition) is 6. The molecule has 1 aromatic heterocycles. The van der Waals surface area contributed by atoms with E-state index in [4.69, 9.17) is 21.4 Å². The molecule has 162 valence electrons. The summed E-state index contributed by atoms with van der Waals surface area (Å²) < 4.78 is 11.1. The third-order valence-electron chi connectivity index (χ3n) is 4.92. The van der Waals surface area contributed by atoms with Crippen molar-refractivity contribution in [2.24, 2.45) is 0 Å². The molecule has 7 nitrogen and oxygen atoms in total. The minimum atomic E-state index is -0.398. The second kappa shape index (κ2) is 8.68. The molecule has 0 unspecified atom stereocenters. The molecule has 0 atom stereocenters. The van der Waals surface area contributed by atoms with Gasteiger partial charge in [-0.3, -0.25) is 10.1 Å². The Bertz CT molecular complexity index is 1350. The van der Waals surface area contributed by atoms with Crippen LogP contribution in [0.25, 0.3) is 22.6 Å². The zero-order valence-electron chi connectivity index (χ0n) is 17.7. The van der Waals surface area contributed by atoms with Crippen LogP contribution in [0.1, 0.15) is 21.5 Å². The molecule has 0 aliphatic carbocycles. The maximum absolute atomic E-state index is 12.6. The lowest BCUT2D eigenvalue weighted by Gasteiger charge is -2.13. The number of nitrogens with zero attached hydrogens (tertiary/aromatic N) is 1. The summed E-state index contributed by atoms with van der Waals surface area (Å²) in [6.45, 7) is 3.83. The van der Waals surface area contributed by atoms with Gasteiger partial charge in [-0.25, -0.2) is 4.98 Å². The zero-order chi connectivity index (χ0) is 22.8. The van der Waals surface area contributed by atoms with E-state index in [1.54, 1.807) is 24.3 Å². The number of aromatic nitrogens is 1. The number of phenolic OH excluding ortho intramolecular Hbond substituents is 1. The molecule has 1 amide bonds. The third-order valence-corrected chi connectivity index (χ3v) is 5.12. The molecule has 0 fully saturated rings. The molecule has 1 heterocycles. The summed E-state index contributed by atoms with van der Waals surface area (Å²) in [7, 11) is 1.51.